The largest absolute Gasteiger partial charge is 0.473 e. The smallest absolute Gasteiger partial charge is 0.414 e. The molecule has 0 atom stereocenters. The molecule has 8 heteroatoms. The van der Waals surface area contributed by atoms with Crippen molar-refractivity contribution in [1.29, 1.82) is 0 Å². The standard InChI is InChI=1S/C14H23N3.C2H2O4.H2O/c1-2-16-10-6-11-17(13-16)12-9-15-14-7-4-3-5-8-14;3-1(4)2(5)6;/h3-5,7-8,15H,2,6,9-13H2,1H3;(H,3,4)(H,5,6);1H2. The summed E-state index contributed by atoms with van der Waals surface area (Å²) in [7, 11) is 0. The fraction of sp³-hybridized carbons (Fsp3) is 0.500. The van der Waals surface area contributed by atoms with Gasteiger partial charge < -0.3 is 21.0 Å². The van der Waals surface area contributed by atoms with Gasteiger partial charge in [0.15, 0.2) is 0 Å². The second-order valence-corrected chi connectivity index (χ2v) is 5.23. The number of nitrogens with one attached hydrogen (secondary N) is 1. The number of anilines is 1. The van der Waals surface area contributed by atoms with Gasteiger partial charge in [0.2, 0.25) is 0 Å². The Balaban J connectivity index is 0.000000655. The van der Waals surface area contributed by atoms with Crippen LogP contribution in [0.3, 0.4) is 0 Å². The fourth-order valence-corrected chi connectivity index (χ4v) is 2.30. The third kappa shape index (κ3) is 9.09. The number of carboxylic acid groups (broad SMARTS) is 2. The van der Waals surface area contributed by atoms with Crippen molar-refractivity contribution in [2.24, 2.45) is 0 Å². The molecule has 0 radical (unpaired) electrons. The highest BCUT2D eigenvalue weighted by atomic mass is 16.4. The third-order valence-corrected chi connectivity index (χ3v) is 3.51. The molecule has 1 saturated heterocycles. The Bertz CT molecular complexity index is 472. The maximum Gasteiger partial charge on any atom is 0.414 e. The van der Waals surface area contributed by atoms with Crippen LogP contribution in [0.1, 0.15) is 13.3 Å². The molecule has 1 aliphatic heterocycles. The maximum absolute atomic E-state index is 9.10. The number of rotatable bonds is 5. The topological polar surface area (TPSA) is 125 Å². The lowest BCUT2D eigenvalue weighted by atomic mass is 10.3. The van der Waals surface area contributed by atoms with Crippen LogP contribution in [-0.2, 0) is 9.59 Å². The number of para-hydroxylation sites is 1. The van der Waals surface area contributed by atoms with Crippen molar-refractivity contribution in [2.45, 2.75) is 13.3 Å². The minimum absolute atomic E-state index is 0. The van der Waals surface area contributed by atoms with Crippen LogP contribution in [0, 0.1) is 0 Å². The minimum atomic E-state index is -1.82. The lowest BCUT2D eigenvalue weighted by Gasteiger charge is -2.34. The van der Waals surface area contributed by atoms with Crippen LogP contribution in [0.15, 0.2) is 30.3 Å². The molecule has 0 aliphatic carbocycles. The Kier molecular flexibility index (Phi) is 11.2. The molecule has 5 N–H and O–H groups in total. The molecule has 1 fully saturated rings. The molecule has 0 saturated carbocycles. The highest BCUT2D eigenvalue weighted by Crippen LogP contribution is 2.07. The number of benzene rings is 1. The van der Waals surface area contributed by atoms with Gasteiger partial charge in [-0.25, -0.2) is 9.59 Å². The molecule has 0 bridgehead atoms. The number of carboxylic acids is 2. The summed E-state index contributed by atoms with van der Waals surface area (Å²) in [6.45, 7) is 9.21. The first-order valence-corrected chi connectivity index (χ1v) is 7.72. The molecule has 0 amide bonds. The number of hydrogen-bond donors (Lipinski definition) is 3. The van der Waals surface area contributed by atoms with E-state index in [0.29, 0.717) is 0 Å². The Hall–Kier alpha value is -2.16. The summed E-state index contributed by atoms with van der Waals surface area (Å²) in [6, 6.07) is 10.4. The summed E-state index contributed by atoms with van der Waals surface area (Å²) in [5.41, 5.74) is 1.22. The van der Waals surface area contributed by atoms with Crippen LogP contribution in [-0.4, -0.2) is 76.8 Å². The SMILES string of the molecule is CCN1CCCN(CCNc2ccccc2)C1.O.O=C(O)C(=O)O. The zero-order chi connectivity index (χ0) is 17.1. The van der Waals surface area contributed by atoms with Gasteiger partial charge in [0.05, 0.1) is 6.67 Å². The monoisotopic (exact) mass is 341 g/mol. The number of nitrogens with zero attached hydrogens (tertiary/aromatic N) is 2. The van der Waals surface area contributed by atoms with Crippen LogP contribution in [0.2, 0.25) is 0 Å². The predicted octanol–water partition coefficient (Wildman–Crippen LogP) is 0.414. The summed E-state index contributed by atoms with van der Waals surface area (Å²) < 4.78 is 0. The van der Waals surface area contributed by atoms with Crippen LogP contribution >= 0.6 is 0 Å². The molecule has 1 aromatic rings. The van der Waals surface area contributed by atoms with E-state index in [4.69, 9.17) is 19.8 Å². The Morgan fingerprint density at radius 1 is 1.08 bits per heavy atom. The Morgan fingerprint density at radius 2 is 1.67 bits per heavy atom. The molecule has 0 spiro atoms. The van der Waals surface area contributed by atoms with Crippen molar-refractivity contribution < 1.29 is 25.3 Å². The van der Waals surface area contributed by atoms with Crippen LogP contribution in [0.5, 0.6) is 0 Å². The van der Waals surface area contributed by atoms with Gasteiger partial charge in [0.25, 0.3) is 0 Å². The molecule has 0 aromatic heterocycles. The van der Waals surface area contributed by atoms with Crippen molar-refractivity contribution in [2.75, 3.05) is 44.7 Å². The lowest BCUT2D eigenvalue weighted by Crippen LogP contribution is -2.46. The second-order valence-electron chi connectivity index (χ2n) is 5.23. The van der Waals surface area contributed by atoms with Crippen molar-refractivity contribution in [3.05, 3.63) is 30.3 Å². The number of hydrogen-bond acceptors (Lipinski definition) is 5. The minimum Gasteiger partial charge on any atom is -0.473 e. The summed E-state index contributed by atoms with van der Waals surface area (Å²) in [6.07, 6.45) is 1.30. The normalized spacial score (nSPS) is 14.7. The zero-order valence-electron chi connectivity index (χ0n) is 13.9. The molecule has 0 unspecified atom stereocenters. The van der Waals surface area contributed by atoms with Gasteiger partial charge in [-0.3, -0.25) is 9.80 Å². The van der Waals surface area contributed by atoms with Crippen molar-refractivity contribution >= 4 is 17.6 Å². The predicted molar refractivity (Wildman–Crippen MR) is 92.1 cm³/mol. The second kappa shape index (κ2) is 12.3. The van der Waals surface area contributed by atoms with Gasteiger partial charge in [-0.05, 0) is 25.1 Å². The lowest BCUT2D eigenvalue weighted by molar-refractivity contribution is -0.159. The van der Waals surface area contributed by atoms with Gasteiger partial charge in [-0.1, -0.05) is 25.1 Å². The van der Waals surface area contributed by atoms with Gasteiger partial charge >= 0.3 is 11.9 Å². The van der Waals surface area contributed by atoms with Crippen LogP contribution < -0.4 is 5.32 Å². The summed E-state index contributed by atoms with van der Waals surface area (Å²) in [5.74, 6) is -3.65. The average Bonchev–Trinajstić information content (AvgIpc) is 2.56. The molecular formula is C16H27N3O5. The van der Waals surface area contributed by atoms with Crippen LogP contribution in [0.25, 0.3) is 0 Å². The highest BCUT2D eigenvalue weighted by Gasteiger charge is 2.14. The molecule has 24 heavy (non-hydrogen) atoms. The first-order valence-electron chi connectivity index (χ1n) is 7.72. The molecule has 1 aromatic carbocycles. The third-order valence-electron chi connectivity index (χ3n) is 3.51. The van der Waals surface area contributed by atoms with Gasteiger partial charge in [-0.2, -0.15) is 0 Å². The van der Waals surface area contributed by atoms with Crippen LogP contribution in [0.4, 0.5) is 5.69 Å². The molecule has 1 aliphatic rings. The van der Waals surface area contributed by atoms with Crippen molar-refractivity contribution in [3.63, 3.8) is 0 Å². The van der Waals surface area contributed by atoms with Gasteiger partial charge in [0.1, 0.15) is 0 Å². The highest BCUT2D eigenvalue weighted by molar-refractivity contribution is 6.27. The fourth-order valence-electron chi connectivity index (χ4n) is 2.30. The molecule has 1 heterocycles. The van der Waals surface area contributed by atoms with Gasteiger partial charge in [-0.15, -0.1) is 0 Å². The first-order chi connectivity index (χ1) is 11.0. The maximum atomic E-state index is 9.10. The molecule has 8 nitrogen and oxygen atoms in total. The van der Waals surface area contributed by atoms with Crippen molar-refractivity contribution in [1.82, 2.24) is 9.80 Å². The van der Waals surface area contributed by atoms with E-state index in [1.54, 1.807) is 0 Å². The van der Waals surface area contributed by atoms with E-state index >= 15 is 0 Å². The molecule has 136 valence electrons. The Morgan fingerprint density at radius 3 is 2.21 bits per heavy atom. The summed E-state index contributed by atoms with van der Waals surface area (Å²) in [4.78, 5) is 23.2. The molecule has 2 rings (SSSR count). The van der Waals surface area contributed by atoms with E-state index < -0.39 is 11.9 Å². The van der Waals surface area contributed by atoms with E-state index in [-0.39, 0.29) is 5.48 Å². The van der Waals surface area contributed by atoms with Gasteiger partial charge in [0, 0.05) is 31.9 Å². The number of carbonyl (C=O) groups is 2. The van der Waals surface area contributed by atoms with E-state index in [0.717, 1.165) is 19.8 Å². The first kappa shape index (κ1) is 21.8. The van der Waals surface area contributed by atoms with E-state index in [9.17, 15) is 0 Å². The van der Waals surface area contributed by atoms with E-state index in [1.165, 1.54) is 31.7 Å². The van der Waals surface area contributed by atoms with E-state index in [2.05, 4.69) is 52.4 Å². The van der Waals surface area contributed by atoms with Crippen molar-refractivity contribution in [3.8, 4) is 0 Å². The molecular weight excluding hydrogens is 314 g/mol. The zero-order valence-corrected chi connectivity index (χ0v) is 13.9. The van der Waals surface area contributed by atoms with E-state index in [1.807, 2.05) is 0 Å². The summed E-state index contributed by atoms with van der Waals surface area (Å²) >= 11 is 0. The number of aliphatic carboxylic acids is 2. The average molecular weight is 341 g/mol. The Labute approximate surface area is 142 Å². The quantitative estimate of drug-likeness (QED) is 0.663. The summed E-state index contributed by atoms with van der Waals surface area (Å²) in [5, 5.41) is 18.2.